The van der Waals surface area contributed by atoms with Gasteiger partial charge in [-0.1, -0.05) is 36.4 Å². The molecule has 0 atom stereocenters. The number of benzene rings is 3. The molecular weight excluding hydrogens is 304 g/mol. The Morgan fingerprint density at radius 3 is 1.75 bits per heavy atom. The highest BCUT2D eigenvalue weighted by molar-refractivity contribution is 6.00. The lowest BCUT2D eigenvalue weighted by Crippen LogP contribution is -1.75. The van der Waals surface area contributed by atoms with Gasteiger partial charge in [0.25, 0.3) is 0 Å². The van der Waals surface area contributed by atoms with Crippen LogP contribution in [0.1, 0.15) is 0 Å². The number of rotatable bonds is 4. The average molecular weight is 314 g/mol. The molecule has 6 heteroatoms. The molecule has 0 aromatic heterocycles. The Morgan fingerprint density at radius 1 is 0.542 bits per heavy atom. The second kappa shape index (κ2) is 7.03. The van der Waals surface area contributed by atoms with Crippen LogP contribution in [0, 0.1) is 0 Å². The van der Waals surface area contributed by atoms with Crippen molar-refractivity contribution in [3.63, 3.8) is 0 Å². The largest absolute Gasteiger partial charge is 0.240 e. The fourth-order valence-corrected chi connectivity index (χ4v) is 2.30. The molecule has 6 nitrogen and oxygen atoms in total. The van der Waals surface area contributed by atoms with E-state index in [4.69, 9.17) is 0 Å². The Hall–Kier alpha value is -3.72. The maximum Gasteiger partial charge on any atom is 0.240 e. The molecule has 3 aromatic rings. The average Bonchev–Trinajstić information content (AvgIpc) is 2.63. The number of carbonyl (C=O) groups excluding carboxylic acids is 2. The summed E-state index contributed by atoms with van der Waals surface area (Å²) in [7, 11) is 0. The third-order valence-electron chi connectivity index (χ3n) is 3.36. The lowest BCUT2D eigenvalue weighted by molar-refractivity contribution is 0.564. The standard InChI is InChI=1S/C18H10N4O2/c23-11-19-15-9-10-16(14-6-2-1-5-13(14)15)21-22-18-8-4-3-7-17(18)20-12-24/h1-10H. The van der Waals surface area contributed by atoms with Gasteiger partial charge in [-0.15, -0.1) is 10.2 Å². The van der Waals surface area contributed by atoms with Crippen LogP contribution in [0.15, 0.2) is 80.9 Å². The lowest BCUT2D eigenvalue weighted by atomic mass is 10.1. The van der Waals surface area contributed by atoms with Gasteiger partial charge in [-0.05, 0) is 24.3 Å². The fourth-order valence-electron chi connectivity index (χ4n) is 2.30. The van der Waals surface area contributed by atoms with Gasteiger partial charge < -0.3 is 0 Å². The van der Waals surface area contributed by atoms with Crippen molar-refractivity contribution in [1.82, 2.24) is 0 Å². The Balaban J connectivity index is 2.10. The normalized spacial score (nSPS) is 10.3. The summed E-state index contributed by atoms with van der Waals surface area (Å²) in [5, 5.41) is 9.98. The van der Waals surface area contributed by atoms with Crippen LogP contribution in [0.2, 0.25) is 0 Å². The van der Waals surface area contributed by atoms with Gasteiger partial charge in [-0.2, -0.15) is 9.98 Å². The van der Waals surface area contributed by atoms with E-state index in [1.807, 2.05) is 24.3 Å². The van der Waals surface area contributed by atoms with Crippen LogP contribution in [0.5, 0.6) is 0 Å². The van der Waals surface area contributed by atoms with E-state index in [0.717, 1.165) is 10.8 Å². The van der Waals surface area contributed by atoms with Gasteiger partial charge in [0, 0.05) is 10.8 Å². The van der Waals surface area contributed by atoms with Crippen LogP contribution < -0.4 is 0 Å². The smallest absolute Gasteiger partial charge is 0.211 e. The van der Waals surface area contributed by atoms with Gasteiger partial charge >= 0.3 is 0 Å². The van der Waals surface area contributed by atoms with Gasteiger partial charge in [0.2, 0.25) is 12.2 Å². The summed E-state index contributed by atoms with van der Waals surface area (Å²) in [5.41, 5.74) is 1.98. The van der Waals surface area contributed by atoms with Crippen LogP contribution in [0.3, 0.4) is 0 Å². The molecule has 3 aromatic carbocycles. The van der Waals surface area contributed by atoms with Crippen LogP contribution in [-0.4, -0.2) is 12.2 Å². The van der Waals surface area contributed by atoms with Crippen molar-refractivity contribution in [1.29, 1.82) is 0 Å². The van der Waals surface area contributed by atoms with Crippen molar-refractivity contribution in [2.45, 2.75) is 0 Å². The molecule has 0 aliphatic carbocycles. The summed E-state index contributed by atoms with van der Waals surface area (Å²) in [5.74, 6) is 0. The molecule has 3 rings (SSSR count). The van der Waals surface area contributed by atoms with Crippen molar-refractivity contribution in [2.24, 2.45) is 20.2 Å². The van der Waals surface area contributed by atoms with Crippen LogP contribution >= 0.6 is 0 Å². The Kier molecular flexibility index (Phi) is 4.45. The second-order valence-corrected chi connectivity index (χ2v) is 4.74. The molecule has 0 radical (unpaired) electrons. The number of para-hydroxylation sites is 1. The topological polar surface area (TPSA) is 83.6 Å². The SMILES string of the molecule is O=C=Nc1ccccc1N=Nc1ccc(N=C=O)c2ccccc12. The summed E-state index contributed by atoms with van der Waals surface area (Å²) in [6.07, 6.45) is 3.05. The van der Waals surface area contributed by atoms with Gasteiger partial charge in [-0.25, -0.2) is 9.59 Å². The number of fused-ring (bicyclic) bond motifs is 1. The maximum absolute atomic E-state index is 10.5. The minimum absolute atomic E-state index is 0.391. The first kappa shape index (κ1) is 15.2. The molecule has 0 amide bonds. The Bertz CT molecular complexity index is 1030. The molecule has 0 saturated carbocycles. The van der Waals surface area contributed by atoms with E-state index >= 15 is 0 Å². The first-order valence-corrected chi connectivity index (χ1v) is 7.02. The first-order chi connectivity index (χ1) is 11.8. The highest BCUT2D eigenvalue weighted by Gasteiger charge is 2.05. The first-order valence-electron chi connectivity index (χ1n) is 7.02. The van der Waals surface area contributed by atoms with Crippen molar-refractivity contribution < 1.29 is 9.59 Å². The predicted molar refractivity (Wildman–Crippen MR) is 90.1 cm³/mol. The molecule has 0 spiro atoms. The minimum atomic E-state index is 0.391. The number of isocyanates is 2. The van der Waals surface area contributed by atoms with Crippen LogP contribution in [-0.2, 0) is 9.59 Å². The molecule has 0 heterocycles. The number of hydrogen-bond acceptors (Lipinski definition) is 6. The van der Waals surface area contributed by atoms with Crippen molar-refractivity contribution in [3.8, 4) is 0 Å². The van der Waals surface area contributed by atoms with E-state index in [2.05, 4.69) is 20.2 Å². The molecule has 114 valence electrons. The molecule has 24 heavy (non-hydrogen) atoms. The predicted octanol–water partition coefficient (Wildman–Crippen LogP) is 5.19. The third-order valence-corrected chi connectivity index (χ3v) is 3.36. The second-order valence-electron chi connectivity index (χ2n) is 4.74. The zero-order valence-electron chi connectivity index (χ0n) is 12.4. The summed E-state index contributed by atoms with van der Waals surface area (Å²) in [4.78, 5) is 28.3. The number of azo groups is 1. The summed E-state index contributed by atoms with van der Waals surface area (Å²) in [6, 6.07) is 17.7. The van der Waals surface area contributed by atoms with Crippen molar-refractivity contribution in [3.05, 3.63) is 60.7 Å². The summed E-state index contributed by atoms with van der Waals surface area (Å²) in [6.45, 7) is 0. The molecule has 0 saturated heterocycles. The summed E-state index contributed by atoms with van der Waals surface area (Å²) >= 11 is 0. The van der Waals surface area contributed by atoms with E-state index < -0.39 is 0 Å². The Morgan fingerprint density at radius 2 is 1.04 bits per heavy atom. The van der Waals surface area contributed by atoms with E-state index in [-0.39, 0.29) is 0 Å². The Labute approximate surface area is 136 Å². The van der Waals surface area contributed by atoms with Gasteiger partial charge in [0.1, 0.15) is 11.4 Å². The molecule has 0 aliphatic heterocycles. The minimum Gasteiger partial charge on any atom is -0.211 e. The van der Waals surface area contributed by atoms with E-state index in [9.17, 15) is 9.59 Å². The molecule has 0 aliphatic rings. The van der Waals surface area contributed by atoms with E-state index in [0.29, 0.717) is 22.7 Å². The zero-order valence-corrected chi connectivity index (χ0v) is 12.4. The van der Waals surface area contributed by atoms with Crippen LogP contribution in [0.25, 0.3) is 10.8 Å². The third kappa shape index (κ3) is 3.05. The monoisotopic (exact) mass is 314 g/mol. The molecule has 0 bridgehead atoms. The summed E-state index contributed by atoms with van der Waals surface area (Å²) < 4.78 is 0. The quantitative estimate of drug-likeness (QED) is 0.377. The van der Waals surface area contributed by atoms with Gasteiger partial charge in [0.15, 0.2) is 0 Å². The van der Waals surface area contributed by atoms with E-state index in [1.165, 1.54) is 6.08 Å². The molecule has 0 fully saturated rings. The van der Waals surface area contributed by atoms with Crippen molar-refractivity contribution >= 4 is 45.7 Å². The van der Waals surface area contributed by atoms with Gasteiger partial charge in [-0.3, -0.25) is 0 Å². The lowest BCUT2D eigenvalue weighted by Gasteiger charge is -2.03. The maximum atomic E-state index is 10.5. The highest BCUT2D eigenvalue weighted by atomic mass is 16.1. The van der Waals surface area contributed by atoms with Crippen LogP contribution in [0.4, 0.5) is 22.7 Å². The van der Waals surface area contributed by atoms with Gasteiger partial charge in [0.05, 0.1) is 11.4 Å². The van der Waals surface area contributed by atoms with E-state index in [1.54, 1.807) is 42.5 Å². The molecule has 0 N–H and O–H groups in total. The fraction of sp³-hybridized carbons (Fsp3) is 0. The number of aliphatic imine (C=N–C) groups is 2. The number of hydrogen-bond donors (Lipinski definition) is 0. The molecule has 0 unspecified atom stereocenters. The van der Waals surface area contributed by atoms with Crippen molar-refractivity contribution in [2.75, 3.05) is 0 Å². The molecular formula is C18H10N4O2. The highest BCUT2D eigenvalue weighted by Crippen LogP contribution is 2.35. The zero-order chi connectivity index (χ0) is 16.8. The number of nitrogens with zero attached hydrogens (tertiary/aromatic N) is 4.